The molecule has 17 heavy (non-hydrogen) atoms. The molecule has 1 aromatic rings. The molecule has 0 bridgehead atoms. The van der Waals surface area contributed by atoms with Gasteiger partial charge in [-0.2, -0.15) is 0 Å². The van der Waals surface area contributed by atoms with Gasteiger partial charge in [0.1, 0.15) is 12.4 Å². The van der Waals surface area contributed by atoms with E-state index in [2.05, 4.69) is 6.07 Å². The zero-order chi connectivity index (χ0) is 12.5. The number of benzene rings is 1. The summed E-state index contributed by atoms with van der Waals surface area (Å²) in [6.07, 6.45) is 0. The molecule has 2 amide bonds. The normalized spacial score (nSPS) is 9.94. The second-order valence-corrected chi connectivity index (χ2v) is 3.39. The molecule has 0 unspecified atom stereocenters. The molecule has 5 nitrogen and oxygen atoms in total. The molecule has 2 N–H and O–H groups in total. The highest BCUT2D eigenvalue weighted by Crippen LogP contribution is 2.06. The van der Waals surface area contributed by atoms with Crippen LogP contribution in [0.4, 0.5) is 4.79 Å². The average Bonchev–Trinajstić information content (AvgIpc) is 2.34. The van der Waals surface area contributed by atoms with Crippen LogP contribution in [0.1, 0.15) is 0 Å². The van der Waals surface area contributed by atoms with Crippen LogP contribution in [0.2, 0.25) is 0 Å². The quantitative estimate of drug-likeness (QED) is 0.766. The lowest BCUT2D eigenvalue weighted by Gasteiger charge is -2.19. The van der Waals surface area contributed by atoms with Crippen LogP contribution in [0.15, 0.2) is 24.3 Å². The Kier molecular flexibility index (Phi) is 5.88. The smallest absolute Gasteiger partial charge is 0.314 e. The standard InChI is InChI=1S/C12H17N2O3/c1-16-9-7-14(12(13)15)8-10-17-11-5-3-2-4-6-11/h2-5H,7-10H2,1H3,(H2,13,15). The minimum absolute atomic E-state index is 0.382. The Morgan fingerprint density at radius 3 is 2.76 bits per heavy atom. The van der Waals surface area contributed by atoms with Crippen molar-refractivity contribution in [2.75, 3.05) is 33.4 Å². The van der Waals surface area contributed by atoms with E-state index in [-0.39, 0.29) is 0 Å². The van der Waals surface area contributed by atoms with Gasteiger partial charge in [-0.3, -0.25) is 0 Å². The highest BCUT2D eigenvalue weighted by Gasteiger charge is 2.08. The number of methoxy groups -OCH3 is 1. The Hall–Kier alpha value is -1.75. The van der Waals surface area contributed by atoms with Gasteiger partial charge in [0.05, 0.1) is 13.2 Å². The summed E-state index contributed by atoms with van der Waals surface area (Å²) in [5.74, 6) is 0.656. The fourth-order valence-electron chi connectivity index (χ4n) is 1.27. The second kappa shape index (κ2) is 7.51. The summed E-state index contributed by atoms with van der Waals surface area (Å²) in [7, 11) is 1.58. The zero-order valence-electron chi connectivity index (χ0n) is 9.89. The zero-order valence-corrected chi connectivity index (χ0v) is 9.89. The van der Waals surface area contributed by atoms with Crippen LogP contribution in [0, 0.1) is 6.07 Å². The van der Waals surface area contributed by atoms with E-state index in [1.807, 2.05) is 18.2 Å². The first-order valence-electron chi connectivity index (χ1n) is 5.37. The van der Waals surface area contributed by atoms with Crippen molar-refractivity contribution in [1.29, 1.82) is 0 Å². The summed E-state index contributed by atoms with van der Waals surface area (Å²) >= 11 is 0. The molecule has 0 aliphatic rings. The molecule has 1 radical (unpaired) electrons. The van der Waals surface area contributed by atoms with Crippen molar-refractivity contribution in [3.05, 3.63) is 30.3 Å². The minimum atomic E-state index is -0.470. The SMILES string of the molecule is COCCN(CCOc1[c]cccc1)C(N)=O. The van der Waals surface area contributed by atoms with Crippen molar-refractivity contribution in [3.63, 3.8) is 0 Å². The van der Waals surface area contributed by atoms with Crippen LogP contribution >= 0.6 is 0 Å². The van der Waals surface area contributed by atoms with Crippen molar-refractivity contribution in [2.24, 2.45) is 5.73 Å². The third kappa shape index (κ3) is 5.21. The maximum absolute atomic E-state index is 11.1. The number of carbonyl (C=O) groups is 1. The Morgan fingerprint density at radius 2 is 2.18 bits per heavy atom. The number of urea groups is 1. The topological polar surface area (TPSA) is 64.8 Å². The van der Waals surface area contributed by atoms with Crippen molar-refractivity contribution < 1.29 is 14.3 Å². The molecule has 1 rings (SSSR count). The summed E-state index contributed by atoms with van der Waals surface area (Å²) in [4.78, 5) is 12.6. The Bertz CT molecular complexity index is 330. The van der Waals surface area contributed by atoms with E-state index in [9.17, 15) is 4.79 Å². The summed E-state index contributed by atoms with van der Waals surface area (Å²) in [5.41, 5.74) is 5.23. The lowest BCUT2D eigenvalue weighted by Crippen LogP contribution is -2.40. The van der Waals surface area contributed by atoms with Crippen molar-refractivity contribution in [2.45, 2.75) is 0 Å². The molecule has 0 aromatic heterocycles. The number of nitrogens with two attached hydrogens (primary N) is 1. The van der Waals surface area contributed by atoms with Crippen LogP contribution in [0.25, 0.3) is 0 Å². The second-order valence-electron chi connectivity index (χ2n) is 3.39. The predicted octanol–water partition coefficient (Wildman–Crippen LogP) is 0.893. The third-order valence-electron chi connectivity index (χ3n) is 2.18. The molecule has 93 valence electrons. The summed E-state index contributed by atoms with van der Waals surface area (Å²) in [6, 6.07) is 9.77. The Morgan fingerprint density at radius 1 is 1.41 bits per heavy atom. The van der Waals surface area contributed by atoms with Gasteiger partial charge in [0, 0.05) is 19.7 Å². The molecule has 0 saturated heterocycles. The average molecular weight is 237 g/mol. The molecule has 0 atom stereocenters. The number of carbonyl (C=O) groups excluding carboxylic acids is 1. The largest absolute Gasteiger partial charge is 0.491 e. The lowest BCUT2D eigenvalue weighted by atomic mass is 10.3. The number of nitrogens with zero attached hydrogens (tertiary/aromatic N) is 1. The van der Waals surface area contributed by atoms with E-state index in [0.29, 0.717) is 32.1 Å². The van der Waals surface area contributed by atoms with E-state index in [4.69, 9.17) is 15.2 Å². The molecular formula is C12H17N2O3. The summed E-state index contributed by atoms with van der Waals surface area (Å²) < 4.78 is 10.3. The molecule has 0 heterocycles. The van der Waals surface area contributed by atoms with E-state index in [1.165, 1.54) is 4.90 Å². The van der Waals surface area contributed by atoms with Crippen LogP contribution in [0.3, 0.4) is 0 Å². The number of hydrogen-bond acceptors (Lipinski definition) is 3. The van der Waals surface area contributed by atoms with Crippen molar-refractivity contribution in [3.8, 4) is 5.75 Å². The fraction of sp³-hybridized carbons (Fsp3) is 0.417. The Labute approximate surface area is 101 Å². The predicted molar refractivity (Wildman–Crippen MR) is 63.8 cm³/mol. The van der Waals surface area contributed by atoms with Gasteiger partial charge in [0.2, 0.25) is 0 Å². The Balaban J connectivity index is 2.29. The highest BCUT2D eigenvalue weighted by atomic mass is 16.5. The van der Waals surface area contributed by atoms with Crippen LogP contribution in [0.5, 0.6) is 5.75 Å². The number of rotatable bonds is 7. The summed E-state index contributed by atoms with van der Waals surface area (Å²) in [6.45, 7) is 1.74. The monoisotopic (exact) mass is 237 g/mol. The molecule has 0 fully saturated rings. The van der Waals surface area contributed by atoms with Gasteiger partial charge in [0.25, 0.3) is 0 Å². The van der Waals surface area contributed by atoms with E-state index in [0.717, 1.165) is 0 Å². The maximum Gasteiger partial charge on any atom is 0.314 e. The number of ether oxygens (including phenoxy) is 2. The number of primary amides is 1. The van der Waals surface area contributed by atoms with Crippen molar-refractivity contribution in [1.82, 2.24) is 4.90 Å². The molecule has 0 saturated carbocycles. The number of amides is 2. The first-order chi connectivity index (χ1) is 8.24. The first-order valence-corrected chi connectivity index (χ1v) is 5.37. The molecule has 0 aliphatic carbocycles. The van der Waals surface area contributed by atoms with Crippen molar-refractivity contribution >= 4 is 6.03 Å². The van der Waals surface area contributed by atoms with Crippen LogP contribution in [-0.2, 0) is 4.74 Å². The third-order valence-corrected chi connectivity index (χ3v) is 2.18. The van der Waals surface area contributed by atoms with Crippen LogP contribution < -0.4 is 10.5 Å². The van der Waals surface area contributed by atoms with Gasteiger partial charge in [-0.15, -0.1) is 0 Å². The van der Waals surface area contributed by atoms with E-state index in [1.54, 1.807) is 13.2 Å². The number of para-hydroxylation sites is 1. The van der Waals surface area contributed by atoms with Gasteiger partial charge >= 0.3 is 6.03 Å². The van der Waals surface area contributed by atoms with E-state index < -0.39 is 6.03 Å². The minimum Gasteiger partial charge on any atom is -0.491 e. The van der Waals surface area contributed by atoms with Crippen LogP contribution in [-0.4, -0.2) is 44.3 Å². The molecular weight excluding hydrogens is 220 g/mol. The highest BCUT2D eigenvalue weighted by molar-refractivity contribution is 5.71. The molecule has 0 aliphatic heterocycles. The maximum atomic E-state index is 11.1. The number of hydrogen-bond donors (Lipinski definition) is 1. The van der Waals surface area contributed by atoms with Gasteiger partial charge < -0.3 is 20.1 Å². The van der Waals surface area contributed by atoms with E-state index >= 15 is 0 Å². The lowest BCUT2D eigenvalue weighted by molar-refractivity contribution is 0.144. The van der Waals surface area contributed by atoms with Gasteiger partial charge in [-0.05, 0) is 6.07 Å². The molecule has 5 heteroatoms. The van der Waals surface area contributed by atoms with Gasteiger partial charge in [-0.25, -0.2) is 4.79 Å². The molecule has 1 aromatic carbocycles. The van der Waals surface area contributed by atoms with Gasteiger partial charge in [-0.1, -0.05) is 18.2 Å². The fourth-order valence-corrected chi connectivity index (χ4v) is 1.27. The summed E-state index contributed by atoms with van der Waals surface area (Å²) in [5, 5.41) is 0. The first kappa shape index (κ1) is 13.3. The molecule has 0 spiro atoms. The van der Waals surface area contributed by atoms with Gasteiger partial charge in [0.15, 0.2) is 0 Å².